The summed E-state index contributed by atoms with van der Waals surface area (Å²) in [5, 5.41) is 0. The Kier molecular flexibility index (Phi) is 4.04. The molecule has 4 heteroatoms. The molecule has 2 heterocycles. The minimum Gasteiger partial charge on any atom is -0.472 e. The molecule has 110 valence electrons. The largest absolute Gasteiger partial charge is 0.472 e. The Hall–Kier alpha value is -2.10. The molecule has 0 saturated carbocycles. The van der Waals surface area contributed by atoms with Crippen LogP contribution in [0.15, 0.2) is 36.7 Å². The number of anilines is 1. The maximum Gasteiger partial charge on any atom is 0.257 e. The molecule has 4 nitrogen and oxygen atoms in total. The van der Waals surface area contributed by atoms with E-state index in [2.05, 4.69) is 39.1 Å². The molecule has 0 bridgehead atoms. The van der Waals surface area contributed by atoms with Gasteiger partial charge in [-0.3, -0.25) is 0 Å². The highest BCUT2D eigenvalue weighted by molar-refractivity contribution is 5.49. The SMILES string of the molecule is CC(C)Oc1nccnc1N1CCc2ccccc2CC1. The van der Waals surface area contributed by atoms with Crippen molar-refractivity contribution in [3.63, 3.8) is 0 Å². The maximum atomic E-state index is 5.80. The number of ether oxygens (including phenoxy) is 1. The van der Waals surface area contributed by atoms with E-state index in [4.69, 9.17) is 4.74 Å². The van der Waals surface area contributed by atoms with Gasteiger partial charge in [0.2, 0.25) is 0 Å². The van der Waals surface area contributed by atoms with Crippen molar-refractivity contribution in [2.45, 2.75) is 32.8 Å². The molecular formula is C17H21N3O. The van der Waals surface area contributed by atoms with E-state index in [1.807, 2.05) is 13.8 Å². The molecule has 0 saturated heterocycles. The molecule has 1 aromatic heterocycles. The van der Waals surface area contributed by atoms with E-state index >= 15 is 0 Å². The van der Waals surface area contributed by atoms with Gasteiger partial charge in [-0.15, -0.1) is 0 Å². The van der Waals surface area contributed by atoms with E-state index in [0.29, 0.717) is 5.88 Å². The zero-order valence-corrected chi connectivity index (χ0v) is 12.6. The fraction of sp³-hybridized carbons (Fsp3) is 0.412. The molecule has 0 fully saturated rings. The topological polar surface area (TPSA) is 38.3 Å². The lowest BCUT2D eigenvalue weighted by Gasteiger charge is -2.23. The third kappa shape index (κ3) is 3.15. The van der Waals surface area contributed by atoms with Crippen molar-refractivity contribution < 1.29 is 4.74 Å². The van der Waals surface area contributed by atoms with Gasteiger partial charge in [-0.1, -0.05) is 24.3 Å². The van der Waals surface area contributed by atoms with Crippen LogP contribution in [0.1, 0.15) is 25.0 Å². The van der Waals surface area contributed by atoms with E-state index in [1.54, 1.807) is 12.4 Å². The van der Waals surface area contributed by atoms with E-state index in [9.17, 15) is 0 Å². The summed E-state index contributed by atoms with van der Waals surface area (Å²) in [5.41, 5.74) is 2.88. The van der Waals surface area contributed by atoms with Gasteiger partial charge < -0.3 is 9.64 Å². The summed E-state index contributed by atoms with van der Waals surface area (Å²) in [6.45, 7) is 5.92. The molecule has 1 aliphatic heterocycles. The van der Waals surface area contributed by atoms with Crippen LogP contribution in [0.5, 0.6) is 5.88 Å². The molecule has 2 aromatic rings. The summed E-state index contributed by atoms with van der Waals surface area (Å²) in [6.07, 6.45) is 5.60. The third-order valence-electron chi connectivity index (χ3n) is 3.71. The lowest BCUT2D eigenvalue weighted by molar-refractivity contribution is 0.232. The van der Waals surface area contributed by atoms with Crippen molar-refractivity contribution in [2.24, 2.45) is 0 Å². The molecule has 0 aliphatic carbocycles. The Morgan fingerprint density at radius 2 is 1.62 bits per heavy atom. The zero-order valence-electron chi connectivity index (χ0n) is 12.6. The Morgan fingerprint density at radius 3 is 2.24 bits per heavy atom. The molecule has 21 heavy (non-hydrogen) atoms. The molecule has 0 radical (unpaired) electrons. The maximum absolute atomic E-state index is 5.80. The van der Waals surface area contributed by atoms with Crippen LogP contribution in [0.2, 0.25) is 0 Å². The zero-order chi connectivity index (χ0) is 14.7. The second-order valence-electron chi connectivity index (χ2n) is 5.61. The fourth-order valence-electron chi connectivity index (χ4n) is 2.72. The normalized spacial score (nSPS) is 14.7. The number of benzene rings is 1. The number of fused-ring (bicyclic) bond motifs is 1. The third-order valence-corrected chi connectivity index (χ3v) is 3.71. The van der Waals surface area contributed by atoms with Gasteiger partial charge >= 0.3 is 0 Å². The van der Waals surface area contributed by atoms with E-state index < -0.39 is 0 Å². The predicted molar refractivity (Wildman–Crippen MR) is 83.9 cm³/mol. The second kappa shape index (κ2) is 6.12. The number of hydrogen-bond donors (Lipinski definition) is 0. The number of nitrogens with zero attached hydrogens (tertiary/aromatic N) is 3. The van der Waals surface area contributed by atoms with Crippen molar-refractivity contribution >= 4 is 5.82 Å². The predicted octanol–water partition coefficient (Wildman–Crippen LogP) is 2.87. The summed E-state index contributed by atoms with van der Waals surface area (Å²) >= 11 is 0. The molecule has 0 atom stereocenters. The van der Waals surface area contributed by atoms with Gasteiger partial charge in [0.05, 0.1) is 6.10 Å². The summed E-state index contributed by atoms with van der Waals surface area (Å²) in [5.74, 6) is 1.50. The van der Waals surface area contributed by atoms with Crippen LogP contribution in [0.25, 0.3) is 0 Å². The minimum atomic E-state index is 0.102. The van der Waals surface area contributed by atoms with Crippen molar-refractivity contribution in [1.82, 2.24) is 9.97 Å². The Bertz CT molecular complexity index is 585. The van der Waals surface area contributed by atoms with Crippen LogP contribution < -0.4 is 9.64 Å². The van der Waals surface area contributed by atoms with Crippen molar-refractivity contribution in [3.8, 4) is 5.88 Å². The lowest BCUT2D eigenvalue weighted by Crippen LogP contribution is -2.28. The lowest BCUT2D eigenvalue weighted by atomic mass is 10.0. The van der Waals surface area contributed by atoms with E-state index in [-0.39, 0.29) is 6.10 Å². The fourth-order valence-corrected chi connectivity index (χ4v) is 2.72. The molecular weight excluding hydrogens is 262 g/mol. The monoisotopic (exact) mass is 283 g/mol. The first kappa shape index (κ1) is 13.9. The van der Waals surface area contributed by atoms with Crippen LogP contribution in [0, 0.1) is 0 Å². The summed E-state index contributed by atoms with van der Waals surface area (Å²) < 4.78 is 5.80. The summed E-state index contributed by atoms with van der Waals surface area (Å²) in [7, 11) is 0. The molecule has 3 rings (SSSR count). The number of aromatic nitrogens is 2. The van der Waals surface area contributed by atoms with Crippen LogP contribution >= 0.6 is 0 Å². The molecule has 0 N–H and O–H groups in total. The van der Waals surface area contributed by atoms with Crippen LogP contribution in [0.3, 0.4) is 0 Å². The number of hydrogen-bond acceptors (Lipinski definition) is 4. The Morgan fingerprint density at radius 1 is 1.00 bits per heavy atom. The van der Waals surface area contributed by atoms with Crippen LogP contribution in [-0.2, 0) is 12.8 Å². The smallest absolute Gasteiger partial charge is 0.257 e. The average Bonchev–Trinajstić information content (AvgIpc) is 2.70. The molecule has 1 aliphatic rings. The van der Waals surface area contributed by atoms with Gasteiger partial charge in [0.25, 0.3) is 5.88 Å². The highest BCUT2D eigenvalue weighted by atomic mass is 16.5. The first-order valence-corrected chi connectivity index (χ1v) is 7.53. The van der Waals surface area contributed by atoms with Gasteiger partial charge in [0, 0.05) is 25.5 Å². The standard InChI is InChI=1S/C17H21N3O/c1-13(2)21-17-16(18-9-10-19-17)20-11-7-14-5-3-4-6-15(14)8-12-20/h3-6,9-10,13H,7-8,11-12H2,1-2H3. The van der Waals surface area contributed by atoms with E-state index in [1.165, 1.54) is 11.1 Å². The first-order valence-electron chi connectivity index (χ1n) is 7.53. The molecule has 0 unspecified atom stereocenters. The van der Waals surface area contributed by atoms with Crippen molar-refractivity contribution in [3.05, 3.63) is 47.8 Å². The van der Waals surface area contributed by atoms with E-state index in [0.717, 1.165) is 31.7 Å². The molecule has 1 aromatic carbocycles. The van der Waals surface area contributed by atoms with Gasteiger partial charge in [0.1, 0.15) is 0 Å². The quantitative estimate of drug-likeness (QED) is 0.868. The molecule has 0 spiro atoms. The number of rotatable bonds is 3. The van der Waals surface area contributed by atoms with Gasteiger partial charge in [-0.25, -0.2) is 9.97 Å². The van der Waals surface area contributed by atoms with Crippen molar-refractivity contribution in [2.75, 3.05) is 18.0 Å². The summed E-state index contributed by atoms with van der Waals surface area (Å²) in [6, 6.07) is 8.68. The van der Waals surface area contributed by atoms with Crippen LogP contribution in [0.4, 0.5) is 5.82 Å². The van der Waals surface area contributed by atoms with Gasteiger partial charge in [-0.2, -0.15) is 0 Å². The minimum absolute atomic E-state index is 0.102. The van der Waals surface area contributed by atoms with Gasteiger partial charge in [-0.05, 0) is 37.8 Å². The Balaban J connectivity index is 1.83. The average molecular weight is 283 g/mol. The highest BCUT2D eigenvalue weighted by Gasteiger charge is 2.19. The van der Waals surface area contributed by atoms with Crippen molar-refractivity contribution in [1.29, 1.82) is 0 Å². The second-order valence-corrected chi connectivity index (χ2v) is 5.61. The molecule has 0 amide bonds. The highest BCUT2D eigenvalue weighted by Crippen LogP contribution is 2.26. The summed E-state index contributed by atoms with van der Waals surface area (Å²) in [4.78, 5) is 11.1. The first-order chi connectivity index (χ1) is 10.2. The van der Waals surface area contributed by atoms with Crippen LogP contribution in [-0.4, -0.2) is 29.2 Å². The Labute approximate surface area is 125 Å². The van der Waals surface area contributed by atoms with Gasteiger partial charge in [0.15, 0.2) is 5.82 Å².